The van der Waals surface area contributed by atoms with E-state index >= 15 is 0 Å². The van der Waals surface area contributed by atoms with Gasteiger partial charge >= 0.3 is 0 Å². The molecule has 2 aromatic carbocycles. The van der Waals surface area contributed by atoms with E-state index in [1.165, 1.54) is 0 Å². The van der Waals surface area contributed by atoms with Crippen LogP contribution in [0.15, 0.2) is 59.1 Å². The third-order valence-corrected chi connectivity index (χ3v) is 3.77. The number of halogens is 1. The smallest absolute Gasteiger partial charge is 0.223 e. The number of aliphatic hydroxyl groups excluding tert-OH is 1. The van der Waals surface area contributed by atoms with Crippen molar-refractivity contribution in [2.24, 2.45) is 0 Å². The van der Waals surface area contributed by atoms with Gasteiger partial charge < -0.3 is 10.4 Å². The summed E-state index contributed by atoms with van der Waals surface area (Å²) in [5.41, 5.74) is 1.76. The number of benzene rings is 2. The molecular weight excluding hydrogens is 318 g/mol. The maximum atomic E-state index is 11.8. The zero-order valence-corrected chi connectivity index (χ0v) is 12.5. The Kier molecular flexibility index (Phi) is 5.32. The largest absolute Gasteiger partial charge is 0.388 e. The molecule has 3 nitrogen and oxygen atoms in total. The van der Waals surface area contributed by atoms with E-state index in [2.05, 4.69) is 21.2 Å². The molecule has 2 aromatic rings. The molecule has 2 N–H and O–H groups in total. The molecule has 0 fully saturated rings. The van der Waals surface area contributed by atoms with Crippen LogP contribution in [-0.2, 0) is 11.3 Å². The van der Waals surface area contributed by atoms with E-state index in [-0.39, 0.29) is 12.3 Å². The van der Waals surface area contributed by atoms with Gasteiger partial charge in [-0.1, -0.05) is 64.5 Å². The van der Waals surface area contributed by atoms with Crippen molar-refractivity contribution < 1.29 is 9.90 Å². The molecule has 1 atom stereocenters. The average molecular weight is 334 g/mol. The molecule has 0 aliphatic rings. The van der Waals surface area contributed by atoms with Crippen LogP contribution in [0, 0.1) is 0 Å². The topological polar surface area (TPSA) is 49.3 Å². The second-order valence-electron chi connectivity index (χ2n) is 4.50. The van der Waals surface area contributed by atoms with Gasteiger partial charge in [-0.2, -0.15) is 0 Å². The highest BCUT2D eigenvalue weighted by atomic mass is 79.9. The Morgan fingerprint density at radius 1 is 1.10 bits per heavy atom. The van der Waals surface area contributed by atoms with Crippen molar-refractivity contribution in [3.05, 3.63) is 70.2 Å². The van der Waals surface area contributed by atoms with Gasteiger partial charge in [0.15, 0.2) is 0 Å². The minimum atomic E-state index is -0.768. The molecule has 1 unspecified atom stereocenters. The highest BCUT2D eigenvalue weighted by molar-refractivity contribution is 9.10. The summed E-state index contributed by atoms with van der Waals surface area (Å²) in [4.78, 5) is 11.8. The van der Waals surface area contributed by atoms with E-state index in [0.29, 0.717) is 6.54 Å². The van der Waals surface area contributed by atoms with Crippen LogP contribution in [0.25, 0.3) is 0 Å². The van der Waals surface area contributed by atoms with Gasteiger partial charge in [-0.05, 0) is 17.2 Å². The molecular formula is C16H16BrNO2. The van der Waals surface area contributed by atoms with Gasteiger partial charge in [-0.15, -0.1) is 0 Å². The van der Waals surface area contributed by atoms with Crippen LogP contribution in [-0.4, -0.2) is 11.0 Å². The van der Waals surface area contributed by atoms with Crippen molar-refractivity contribution in [3.8, 4) is 0 Å². The predicted molar refractivity (Wildman–Crippen MR) is 82.0 cm³/mol. The summed E-state index contributed by atoms with van der Waals surface area (Å²) in [6.07, 6.45) is -0.704. The van der Waals surface area contributed by atoms with Crippen molar-refractivity contribution in [2.45, 2.75) is 19.1 Å². The highest BCUT2D eigenvalue weighted by Gasteiger charge is 2.12. The lowest BCUT2D eigenvalue weighted by molar-refractivity contribution is -0.123. The summed E-state index contributed by atoms with van der Waals surface area (Å²) >= 11 is 3.43. The number of hydrogen-bond donors (Lipinski definition) is 2. The van der Waals surface area contributed by atoms with Crippen molar-refractivity contribution in [1.82, 2.24) is 5.32 Å². The van der Waals surface area contributed by atoms with Gasteiger partial charge in [0.25, 0.3) is 0 Å². The monoisotopic (exact) mass is 333 g/mol. The van der Waals surface area contributed by atoms with Crippen molar-refractivity contribution >= 4 is 21.8 Å². The minimum Gasteiger partial charge on any atom is -0.388 e. The number of hydrogen-bond acceptors (Lipinski definition) is 2. The summed E-state index contributed by atoms with van der Waals surface area (Å²) in [6.45, 7) is 0.446. The molecule has 2 rings (SSSR count). The van der Waals surface area contributed by atoms with Crippen molar-refractivity contribution in [1.29, 1.82) is 0 Å². The number of rotatable bonds is 5. The molecule has 20 heavy (non-hydrogen) atoms. The van der Waals surface area contributed by atoms with Crippen LogP contribution < -0.4 is 5.32 Å². The van der Waals surface area contributed by atoms with Gasteiger partial charge in [-0.25, -0.2) is 0 Å². The van der Waals surface area contributed by atoms with E-state index in [1.807, 2.05) is 54.6 Å². The normalized spacial score (nSPS) is 11.9. The summed E-state index contributed by atoms with van der Waals surface area (Å²) < 4.78 is 0.962. The molecule has 4 heteroatoms. The van der Waals surface area contributed by atoms with Gasteiger partial charge in [0, 0.05) is 11.0 Å². The Morgan fingerprint density at radius 3 is 2.45 bits per heavy atom. The van der Waals surface area contributed by atoms with Crippen LogP contribution >= 0.6 is 15.9 Å². The first-order chi connectivity index (χ1) is 9.66. The summed E-state index contributed by atoms with van der Waals surface area (Å²) in [6, 6.07) is 16.9. The number of carbonyl (C=O) groups excluding carboxylic acids is 1. The van der Waals surface area contributed by atoms with Crippen LogP contribution in [0.1, 0.15) is 23.7 Å². The molecule has 0 aliphatic heterocycles. The minimum absolute atomic E-state index is 0.0640. The SMILES string of the molecule is O=C(CC(O)c1ccccc1)NCc1ccccc1Br. The van der Waals surface area contributed by atoms with E-state index < -0.39 is 6.10 Å². The van der Waals surface area contributed by atoms with Gasteiger partial charge in [0.05, 0.1) is 12.5 Å². The molecule has 0 saturated heterocycles. The molecule has 0 bridgehead atoms. The first kappa shape index (κ1) is 14.8. The number of aliphatic hydroxyl groups is 1. The predicted octanol–water partition coefficient (Wildman–Crippen LogP) is 3.19. The fourth-order valence-electron chi connectivity index (χ4n) is 1.88. The first-order valence-corrected chi connectivity index (χ1v) is 7.19. The molecule has 0 spiro atoms. The van der Waals surface area contributed by atoms with Gasteiger partial charge in [0.2, 0.25) is 5.91 Å². The average Bonchev–Trinajstić information content (AvgIpc) is 2.47. The Hall–Kier alpha value is -1.65. The number of nitrogens with one attached hydrogen (secondary N) is 1. The van der Waals surface area contributed by atoms with E-state index in [0.717, 1.165) is 15.6 Å². The summed E-state index contributed by atoms with van der Waals surface area (Å²) in [5.74, 6) is -0.169. The van der Waals surface area contributed by atoms with Crippen molar-refractivity contribution in [2.75, 3.05) is 0 Å². The molecule has 0 saturated carbocycles. The van der Waals surface area contributed by atoms with E-state index in [4.69, 9.17) is 0 Å². The first-order valence-electron chi connectivity index (χ1n) is 6.40. The Bertz CT molecular complexity index is 572. The fraction of sp³-hybridized carbons (Fsp3) is 0.188. The molecule has 0 heterocycles. The van der Waals surface area contributed by atoms with Crippen LogP contribution in [0.2, 0.25) is 0 Å². The van der Waals surface area contributed by atoms with Crippen LogP contribution in [0.5, 0.6) is 0 Å². The molecule has 0 radical (unpaired) electrons. The van der Waals surface area contributed by atoms with E-state index in [9.17, 15) is 9.90 Å². The number of carbonyl (C=O) groups is 1. The third kappa shape index (κ3) is 4.18. The number of amides is 1. The second-order valence-corrected chi connectivity index (χ2v) is 5.35. The summed E-state index contributed by atoms with van der Waals surface area (Å²) in [5, 5.41) is 12.8. The fourth-order valence-corrected chi connectivity index (χ4v) is 2.30. The Morgan fingerprint density at radius 2 is 1.75 bits per heavy atom. The van der Waals surface area contributed by atoms with Crippen LogP contribution in [0.3, 0.4) is 0 Å². The highest BCUT2D eigenvalue weighted by Crippen LogP contribution is 2.17. The Balaban J connectivity index is 1.86. The maximum Gasteiger partial charge on any atom is 0.223 e. The third-order valence-electron chi connectivity index (χ3n) is 3.00. The van der Waals surface area contributed by atoms with Gasteiger partial charge in [0.1, 0.15) is 0 Å². The second kappa shape index (κ2) is 7.22. The molecule has 0 aliphatic carbocycles. The zero-order chi connectivity index (χ0) is 14.4. The lowest BCUT2D eigenvalue weighted by Gasteiger charge is -2.11. The summed E-state index contributed by atoms with van der Waals surface area (Å²) in [7, 11) is 0. The van der Waals surface area contributed by atoms with Crippen molar-refractivity contribution in [3.63, 3.8) is 0 Å². The quantitative estimate of drug-likeness (QED) is 0.882. The zero-order valence-electron chi connectivity index (χ0n) is 10.9. The lowest BCUT2D eigenvalue weighted by Crippen LogP contribution is -2.24. The Labute approximate surface area is 126 Å². The maximum absolute atomic E-state index is 11.8. The van der Waals surface area contributed by atoms with E-state index in [1.54, 1.807) is 0 Å². The molecule has 104 valence electrons. The van der Waals surface area contributed by atoms with Gasteiger partial charge in [-0.3, -0.25) is 4.79 Å². The van der Waals surface area contributed by atoms with Crippen LogP contribution in [0.4, 0.5) is 0 Å². The molecule has 1 amide bonds. The standard InChI is InChI=1S/C16H16BrNO2/c17-14-9-5-4-8-13(14)11-18-16(20)10-15(19)12-6-2-1-3-7-12/h1-9,15,19H,10-11H2,(H,18,20). The lowest BCUT2D eigenvalue weighted by atomic mass is 10.1. The molecule has 0 aromatic heterocycles.